The molecule has 0 radical (unpaired) electrons. The first-order chi connectivity index (χ1) is 9.61. The number of hydrogen-bond acceptors (Lipinski definition) is 6. The molecule has 1 aliphatic rings. The summed E-state index contributed by atoms with van der Waals surface area (Å²) in [6, 6.07) is 0.589. The third-order valence-electron chi connectivity index (χ3n) is 3.25. The molecule has 0 unspecified atom stereocenters. The molecule has 20 heavy (non-hydrogen) atoms. The molecular weight excluding hydrogens is 292 g/mol. The number of nitrogens with one attached hydrogen (secondary N) is 2. The van der Waals surface area contributed by atoms with Crippen LogP contribution in [0.5, 0.6) is 0 Å². The lowest BCUT2D eigenvalue weighted by Gasteiger charge is -2.25. The van der Waals surface area contributed by atoms with Crippen LogP contribution in [0.3, 0.4) is 0 Å². The third kappa shape index (κ3) is 2.83. The molecule has 3 rings (SSSR count). The summed E-state index contributed by atoms with van der Waals surface area (Å²) < 4.78 is 0. The second-order valence-electron chi connectivity index (χ2n) is 4.92. The quantitative estimate of drug-likeness (QED) is 0.907. The highest BCUT2D eigenvalue weighted by molar-refractivity contribution is 7.19. The molecule has 1 fully saturated rings. The molecule has 2 aromatic rings. The van der Waals surface area contributed by atoms with Gasteiger partial charge in [0.15, 0.2) is 10.3 Å². The number of aryl methyl sites for hydroxylation is 1. The Bertz CT molecular complexity index is 630. The molecule has 1 amide bonds. The Kier molecular flexibility index (Phi) is 3.71. The number of amides is 1. The summed E-state index contributed by atoms with van der Waals surface area (Å²) >= 11 is 3.09. The van der Waals surface area contributed by atoms with Crippen molar-refractivity contribution in [1.29, 1.82) is 0 Å². The van der Waals surface area contributed by atoms with Crippen LogP contribution in [0.4, 0.5) is 10.3 Å². The summed E-state index contributed by atoms with van der Waals surface area (Å²) in [6.07, 6.45) is 3.78. The van der Waals surface area contributed by atoms with Gasteiger partial charge in [0.25, 0.3) is 0 Å². The molecule has 106 valence electrons. The largest absolute Gasteiger partial charge is 0.359 e. The van der Waals surface area contributed by atoms with E-state index in [9.17, 15) is 4.79 Å². The van der Waals surface area contributed by atoms with Gasteiger partial charge in [-0.1, -0.05) is 11.3 Å². The number of aromatic nitrogens is 2. The van der Waals surface area contributed by atoms with E-state index in [-0.39, 0.29) is 5.91 Å². The van der Waals surface area contributed by atoms with Crippen molar-refractivity contribution in [1.82, 2.24) is 9.97 Å². The summed E-state index contributed by atoms with van der Waals surface area (Å²) in [5.74, 6) is -0.101. The Morgan fingerprint density at radius 2 is 2.15 bits per heavy atom. The van der Waals surface area contributed by atoms with Crippen molar-refractivity contribution >= 4 is 38.8 Å². The number of rotatable bonds is 4. The lowest BCUT2D eigenvalue weighted by atomic mass is 9.93. The molecule has 0 saturated heterocycles. The number of carbonyl (C=O) groups is 1. The Morgan fingerprint density at radius 1 is 1.35 bits per heavy atom. The van der Waals surface area contributed by atoms with Gasteiger partial charge in [-0.3, -0.25) is 4.79 Å². The normalized spacial score (nSPS) is 14.9. The first-order valence-corrected chi connectivity index (χ1v) is 8.29. The molecule has 5 nitrogen and oxygen atoms in total. The molecule has 0 aliphatic heterocycles. The van der Waals surface area contributed by atoms with Crippen molar-refractivity contribution in [2.24, 2.45) is 0 Å². The summed E-state index contributed by atoms with van der Waals surface area (Å²) in [5, 5.41) is 9.81. The molecule has 0 spiro atoms. The monoisotopic (exact) mass is 308 g/mol. The standard InChI is InChI=1S/C13H16N4OS2/c1-7-11(20-13(14-7)15-8(2)18)10-6-19-12(17-10)16-9-4-3-5-9/h6,9H,3-5H2,1-2H3,(H,16,17)(H,14,15,18). The smallest absolute Gasteiger partial charge is 0.223 e. The molecule has 0 aromatic carbocycles. The second kappa shape index (κ2) is 5.49. The van der Waals surface area contributed by atoms with E-state index < -0.39 is 0 Å². The van der Waals surface area contributed by atoms with Gasteiger partial charge < -0.3 is 10.6 Å². The van der Waals surface area contributed by atoms with Crippen LogP contribution in [0.15, 0.2) is 5.38 Å². The number of hydrogen-bond donors (Lipinski definition) is 2. The minimum Gasteiger partial charge on any atom is -0.359 e. The van der Waals surface area contributed by atoms with Crippen LogP contribution in [0.2, 0.25) is 0 Å². The van der Waals surface area contributed by atoms with Crippen molar-refractivity contribution in [2.45, 2.75) is 39.2 Å². The van der Waals surface area contributed by atoms with E-state index in [2.05, 4.69) is 20.6 Å². The highest BCUT2D eigenvalue weighted by atomic mass is 32.1. The lowest BCUT2D eigenvalue weighted by molar-refractivity contribution is -0.114. The predicted molar refractivity (Wildman–Crippen MR) is 83.5 cm³/mol. The van der Waals surface area contributed by atoms with Crippen LogP contribution < -0.4 is 10.6 Å². The Morgan fingerprint density at radius 3 is 2.80 bits per heavy atom. The van der Waals surface area contributed by atoms with E-state index in [1.54, 1.807) is 11.3 Å². The van der Waals surface area contributed by atoms with E-state index >= 15 is 0 Å². The van der Waals surface area contributed by atoms with Gasteiger partial charge in [-0.15, -0.1) is 11.3 Å². The average Bonchev–Trinajstić information content (AvgIpc) is 2.90. The average molecular weight is 308 g/mol. The highest BCUT2D eigenvalue weighted by Crippen LogP contribution is 2.35. The summed E-state index contributed by atoms with van der Waals surface area (Å²) in [6.45, 7) is 3.43. The van der Waals surface area contributed by atoms with Gasteiger partial charge >= 0.3 is 0 Å². The van der Waals surface area contributed by atoms with Gasteiger partial charge in [-0.25, -0.2) is 9.97 Å². The molecule has 2 heterocycles. The maximum absolute atomic E-state index is 11.1. The fourth-order valence-corrected chi connectivity index (χ4v) is 3.84. The zero-order valence-electron chi connectivity index (χ0n) is 11.4. The molecule has 0 atom stereocenters. The van der Waals surface area contributed by atoms with Gasteiger partial charge in [0, 0.05) is 18.3 Å². The van der Waals surface area contributed by atoms with Crippen LogP contribution in [-0.2, 0) is 4.79 Å². The van der Waals surface area contributed by atoms with E-state index in [1.807, 2.05) is 12.3 Å². The Balaban J connectivity index is 1.77. The fourth-order valence-electron chi connectivity index (χ4n) is 2.01. The van der Waals surface area contributed by atoms with Crippen molar-refractivity contribution < 1.29 is 4.79 Å². The van der Waals surface area contributed by atoms with Gasteiger partial charge in [-0.05, 0) is 26.2 Å². The lowest BCUT2D eigenvalue weighted by Crippen LogP contribution is -2.26. The summed E-state index contributed by atoms with van der Waals surface area (Å²) in [7, 11) is 0. The molecule has 1 aliphatic carbocycles. The van der Waals surface area contributed by atoms with E-state index in [0.717, 1.165) is 21.4 Å². The van der Waals surface area contributed by atoms with Crippen molar-refractivity contribution in [3.63, 3.8) is 0 Å². The SMILES string of the molecule is CC(=O)Nc1nc(C)c(-c2csc(NC3CCC3)n2)s1. The number of anilines is 2. The Hall–Kier alpha value is -1.47. The number of thiazole rings is 2. The first-order valence-electron chi connectivity index (χ1n) is 6.59. The number of nitrogens with zero attached hydrogens (tertiary/aromatic N) is 2. The highest BCUT2D eigenvalue weighted by Gasteiger charge is 2.19. The van der Waals surface area contributed by atoms with Crippen molar-refractivity contribution in [3.05, 3.63) is 11.1 Å². The van der Waals surface area contributed by atoms with Gasteiger partial charge in [-0.2, -0.15) is 0 Å². The van der Waals surface area contributed by atoms with Gasteiger partial charge in [0.05, 0.1) is 16.3 Å². The van der Waals surface area contributed by atoms with Gasteiger partial charge in [0.2, 0.25) is 5.91 Å². The zero-order chi connectivity index (χ0) is 14.1. The van der Waals surface area contributed by atoms with Crippen molar-refractivity contribution in [2.75, 3.05) is 10.6 Å². The Labute approximate surface area is 125 Å². The zero-order valence-corrected chi connectivity index (χ0v) is 13.0. The molecule has 7 heteroatoms. The molecular formula is C13H16N4OS2. The number of carbonyl (C=O) groups excluding carboxylic acids is 1. The molecule has 0 bridgehead atoms. The third-order valence-corrected chi connectivity index (χ3v) is 5.12. The van der Waals surface area contributed by atoms with Gasteiger partial charge in [0.1, 0.15) is 0 Å². The van der Waals surface area contributed by atoms with Crippen LogP contribution in [-0.4, -0.2) is 21.9 Å². The topological polar surface area (TPSA) is 66.9 Å². The van der Waals surface area contributed by atoms with Crippen LogP contribution >= 0.6 is 22.7 Å². The van der Waals surface area contributed by atoms with Crippen LogP contribution in [0.25, 0.3) is 10.6 Å². The molecule has 2 aromatic heterocycles. The fraction of sp³-hybridized carbons (Fsp3) is 0.462. The summed E-state index contributed by atoms with van der Waals surface area (Å²) in [4.78, 5) is 21.1. The maximum atomic E-state index is 11.1. The van der Waals surface area contributed by atoms with E-state index in [1.165, 1.54) is 37.5 Å². The van der Waals surface area contributed by atoms with Crippen LogP contribution in [0.1, 0.15) is 31.9 Å². The maximum Gasteiger partial charge on any atom is 0.223 e. The molecule has 2 N–H and O–H groups in total. The minimum atomic E-state index is -0.101. The summed E-state index contributed by atoms with van der Waals surface area (Å²) in [5.41, 5.74) is 1.84. The molecule has 1 saturated carbocycles. The first kappa shape index (κ1) is 13.5. The van der Waals surface area contributed by atoms with E-state index in [4.69, 9.17) is 0 Å². The minimum absolute atomic E-state index is 0.101. The van der Waals surface area contributed by atoms with E-state index in [0.29, 0.717) is 11.2 Å². The predicted octanol–water partition coefficient (Wildman–Crippen LogP) is 3.50. The van der Waals surface area contributed by atoms with Crippen LogP contribution in [0, 0.1) is 6.92 Å². The van der Waals surface area contributed by atoms with Crippen molar-refractivity contribution in [3.8, 4) is 10.6 Å². The second-order valence-corrected chi connectivity index (χ2v) is 6.78.